The van der Waals surface area contributed by atoms with E-state index in [0.717, 1.165) is 4.68 Å². The summed E-state index contributed by atoms with van der Waals surface area (Å²) in [7, 11) is 0. The highest BCUT2D eigenvalue weighted by Gasteiger charge is 2.18. The predicted molar refractivity (Wildman–Crippen MR) is 158 cm³/mol. The molecular formula is C28H15Br2Cl2N3O3. The Morgan fingerprint density at radius 3 is 2.45 bits per heavy atom. The Bertz CT molecular complexity index is 1790. The molecule has 0 unspecified atom stereocenters. The van der Waals surface area contributed by atoms with Crippen molar-refractivity contribution in [2.75, 3.05) is 0 Å². The van der Waals surface area contributed by atoms with Gasteiger partial charge in [0.2, 0.25) is 0 Å². The fraction of sp³-hybridized carbons (Fsp3) is 0. The maximum Gasteiger partial charge on any atom is 0.343 e. The van der Waals surface area contributed by atoms with E-state index in [2.05, 4.69) is 41.9 Å². The molecule has 5 rings (SSSR count). The molecule has 10 heteroatoms. The van der Waals surface area contributed by atoms with E-state index >= 15 is 0 Å². The number of aromatic nitrogens is 2. The summed E-state index contributed by atoms with van der Waals surface area (Å²) in [6.45, 7) is 0. The number of nitrogens with zero attached hydrogens (tertiary/aromatic N) is 3. The van der Waals surface area contributed by atoms with E-state index < -0.39 is 11.5 Å². The van der Waals surface area contributed by atoms with Gasteiger partial charge in [-0.3, -0.25) is 4.79 Å². The molecule has 0 aliphatic carbocycles. The number of hydrogen-bond donors (Lipinski definition) is 0. The largest absolute Gasteiger partial charge is 0.421 e. The molecule has 1 heterocycles. The summed E-state index contributed by atoms with van der Waals surface area (Å²) < 4.78 is 8.10. The molecule has 0 spiro atoms. The zero-order chi connectivity index (χ0) is 26.8. The molecule has 0 atom stereocenters. The van der Waals surface area contributed by atoms with Crippen LogP contribution in [0, 0.1) is 0 Å². The van der Waals surface area contributed by atoms with Crippen molar-refractivity contribution in [3.63, 3.8) is 0 Å². The summed E-state index contributed by atoms with van der Waals surface area (Å²) >= 11 is 19.5. The van der Waals surface area contributed by atoms with Gasteiger partial charge < -0.3 is 4.74 Å². The van der Waals surface area contributed by atoms with E-state index in [0.29, 0.717) is 46.6 Å². The van der Waals surface area contributed by atoms with Gasteiger partial charge in [0, 0.05) is 20.6 Å². The SMILES string of the molecule is O=C(Oc1c(Br)cc(Br)cc1C=Nn1c(-c2ccc(Cl)cc2Cl)nc2ccccc2c1=O)c1ccccc1. The lowest BCUT2D eigenvalue weighted by Gasteiger charge is -2.12. The molecular weight excluding hydrogens is 657 g/mol. The lowest BCUT2D eigenvalue weighted by Crippen LogP contribution is -2.20. The van der Waals surface area contributed by atoms with Gasteiger partial charge in [-0.1, -0.05) is 69.5 Å². The summed E-state index contributed by atoms with van der Waals surface area (Å²) in [6.07, 6.45) is 1.42. The fourth-order valence-corrected chi connectivity index (χ4v) is 5.54. The average Bonchev–Trinajstić information content (AvgIpc) is 2.90. The lowest BCUT2D eigenvalue weighted by molar-refractivity contribution is 0.0733. The van der Waals surface area contributed by atoms with Gasteiger partial charge >= 0.3 is 5.97 Å². The van der Waals surface area contributed by atoms with E-state index in [-0.39, 0.29) is 11.6 Å². The van der Waals surface area contributed by atoms with Crippen molar-refractivity contribution in [3.05, 3.63) is 125 Å². The number of halogens is 4. The van der Waals surface area contributed by atoms with E-state index in [9.17, 15) is 9.59 Å². The summed E-state index contributed by atoms with van der Waals surface area (Å²) in [5, 5.41) is 5.62. The number of esters is 1. The molecule has 188 valence electrons. The van der Waals surface area contributed by atoms with Crippen LogP contribution in [0.5, 0.6) is 5.75 Å². The third kappa shape index (κ3) is 5.44. The predicted octanol–water partition coefficient (Wildman–Crippen LogP) is 8.00. The normalized spacial score (nSPS) is 11.3. The van der Waals surface area contributed by atoms with Crippen molar-refractivity contribution >= 4 is 78.1 Å². The Hall–Kier alpha value is -3.30. The molecule has 0 bridgehead atoms. The molecule has 6 nitrogen and oxygen atoms in total. The van der Waals surface area contributed by atoms with Crippen LogP contribution in [0.15, 0.2) is 104 Å². The molecule has 5 aromatic rings. The number of benzene rings is 4. The number of carbonyl (C=O) groups is 1. The van der Waals surface area contributed by atoms with Gasteiger partial charge in [-0.05, 0) is 70.5 Å². The molecule has 0 radical (unpaired) electrons. The first-order valence-electron chi connectivity index (χ1n) is 11.1. The van der Waals surface area contributed by atoms with E-state index in [4.69, 9.17) is 27.9 Å². The minimum absolute atomic E-state index is 0.225. The van der Waals surface area contributed by atoms with Crippen molar-refractivity contribution in [2.24, 2.45) is 5.10 Å². The first kappa shape index (κ1) is 26.3. The van der Waals surface area contributed by atoms with Gasteiger partial charge in [0.1, 0.15) is 0 Å². The van der Waals surface area contributed by atoms with Crippen LogP contribution in [0.25, 0.3) is 22.3 Å². The number of rotatable bonds is 5. The third-order valence-corrected chi connectivity index (χ3v) is 7.07. The molecule has 0 amide bonds. The van der Waals surface area contributed by atoms with Crippen LogP contribution in [0.2, 0.25) is 10.0 Å². The smallest absolute Gasteiger partial charge is 0.343 e. The molecule has 0 saturated carbocycles. The minimum atomic E-state index is -0.540. The van der Waals surface area contributed by atoms with Gasteiger partial charge in [-0.2, -0.15) is 9.78 Å². The van der Waals surface area contributed by atoms with Crippen LogP contribution in [-0.2, 0) is 0 Å². The number of carbonyl (C=O) groups excluding carboxylic acids is 1. The van der Waals surface area contributed by atoms with Crippen LogP contribution >= 0.6 is 55.1 Å². The van der Waals surface area contributed by atoms with Gasteiger partial charge in [-0.25, -0.2) is 9.78 Å². The lowest BCUT2D eigenvalue weighted by atomic mass is 10.2. The fourth-order valence-electron chi connectivity index (χ4n) is 3.71. The Balaban J connectivity index is 1.66. The van der Waals surface area contributed by atoms with Crippen molar-refractivity contribution < 1.29 is 9.53 Å². The Morgan fingerprint density at radius 2 is 1.68 bits per heavy atom. The Morgan fingerprint density at radius 1 is 0.947 bits per heavy atom. The van der Waals surface area contributed by atoms with Gasteiger partial charge in [0.15, 0.2) is 11.6 Å². The second-order valence-electron chi connectivity index (χ2n) is 8.00. The van der Waals surface area contributed by atoms with Gasteiger partial charge in [0.05, 0.1) is 32.2 Å². The zero-order valence-corrected chi connectivity index (χ0v) is 23.9. The van der Waals surface area contributed by atoms with Gasteiger partial charge in [-0.15, -0.1) is 0 Å². The Kier molecular flexibility index (Phi) is 7.76. The second-order valence-corrected chi connectivity index (χ2v) is 10.6. The highest BCUT2D eigenvalue weighted by molar-refractivity contribution is 9.11. The molecule has 0 aliphatic heterocycles. The molecule has 0 aliphatic rings. The standard InChI is InChI=1S/C28H15Br2Cl2N3O3/c29-18-12-17(25(22(30)13-18)38-28(37)16-6-2-1-3-7-16)15-33-35-26(20-11-10-19(31)14-23(20)32)34-24-9-5-4-8-21(24)27(35)36/h1-15H. The zero-order valence-electron chi connectivity index (χ0n) is 19.2. The summed E-state index contributed by atoms with van der Waals surface area (Å²) in [5.74, 6) is -0.0800. The van der Waals surface area contributed by atoms with Crippen molar-refractivity contribution in [2.45, 2.75) is 0 Å². The molecule has 0 saturated heterocycles. The quantitative estimate of drug-likeness (QED) is 0.108. The monoisotopic (exact) mass is 669 g/mol. The highest BCUT2D eigenvalue weighted by atomic mass is 79.9. The minimum Gasteiger partial charge on any atom is -0.421 e. The average molecular weight is 672 g/mol. The molecule has 38 heavy (non-hydrogen) atoms. The van der Waals surface area contributed by atoms with Crippen LogP contribution in [0.3, 0.4) is 0 Å². The van der Waals surface area contributed by atoms with Crippen LogP contribution < -0.4 is 10.3 Å². The summed E-state index contributed by atoms with van der Waals surface area (Å²) in [6, 6.07) is 23.9. The maximum absolute atomic E-state index is 13.5. The van der Waals surface area contributed by atoms with Crippen LogP contribution in [-0.4, -0.2) is 21.8 Å². The van der Waals surface area contributed by atoms with Crippen molar-refractivity contribution in [3.8, 4) is 17.1 Å². The Labute approximate surface area is 243 Å². The summed E-state index contributed by atoms with van der Waals surface area (Å²) in [4.78, 5) is 31.0. The third-order valence-electron chi connectivity index (χ3n) is 5.48. The molecule has 0 fully saturated rings. The van der Waals surface area contributed by atoms with Crippen molar-refractivity contribution in [1.82, 2.24) is 9.66 Å². The highest BCUT2D eigenvalue weighted by Crippen LogP contribution is 2.33. The number of fused-ring (bicyclic) bond motifs is 1. The molecule has 1 aromatic heterocycles. The number of ether oxygens (including phenoxy) is 1. The number of para-hydroxylation sites is 1. The first-order chi connectivity index (χ1) is 18.3. The van der Waals surface area contributed by atoms with Crippen molar-refractivity contribution in [1.29, 1.82) is 0 Å². The molecule has 4 aromatic carbocycles. The van der Waals surface area contributed by atoms with Crippen LogP contribution in [0.1, 0.15) is 15.9 Å². The number of hydrogen-bond acceptors (Lipinski definition) is 5. The van der Waals surface area contributed by atoms with E-state index in [1.165, 1.54) is 6.21 Å². The van der Waals surface area contributed by atoms with E-state index in [1.54, 1.807) is 78.9 Å². The first-order valence-corrected chi connectivity index (χ1v) is 13.4. The van der Waals surface area contributed by atoms with E-state index in [1.807, 2.05) is 6.07 Å². The topological polar surface area (TPSA) is 73.5 Å². The van der Waals surface area contributed by atoms with Gasteiger partial charge in [0.25, 0.3) is 5.56 Å². The maximum atomic E-state index is 13.5. The second kappa shape index (κ2) is 11.2. The molecule has 0 N–H and O–H groups in total. The summed E-state index contributed by atoms with van der Waals surface area (Å²) in [5.41, 5.74) is 1.39. The van der Waals surface area contributed by atoms with Crippen LogP contribution in [0.4, 0.5) is 0 Å².